The molecule has 0 unspecified atom stereocenters. The van der Waals surface area contributed by atoms with Crippen LogP contribution in [0.25, 0.3) is 0 Å². The third kappa shape index (κ3) is 5.27. The van der Waals surface area contributed by atoms with Gasteiger partial charge in [-0.15, -0.1) is 0 Å². The van der Waals surface area contributed by atoms with Crippen LogP contribution in [-0.2, 0) is 10.8 Å². The van der Waals surface area contributed by atoms with Gasteiger partial charge in [-0.2, -0.15) is 4.58 Å². The third-order valence-electron chi connectivity index (χ3n) is 6.83. The monoisotopic (exact) mass is 681 g/mol. The standard InChI is InChI=1S/C29H33N2.CH4I.HI/c1-28(2)22-16-12-14-18-24(22)30(5)26(28)20-10-8-7-9-11-21-27-29(3,4)23-17-13-15-19-25(23)31(27)6;1-2;/h7-21H,1-6H3;2H,1H3;1H/q+1;-1;/p-1/i;2T;. The Labute approximate surface area is 237 Å². The summed E-state index contributed by atoms with van der Waals surface area (Å²) in [6, 6.07) is 17.3. The van der Waals surface area contributed by atoms with Gasteiger partial charge < -0.3 is 28.9 Å². The second kappa shape index (κ2) is 11.8. The summed E-state index contributed by atoms with van der Waals surface area (Å²) >= 11 is -0.160. The number of allylic oxidation sites excluding steroid dienone is 8. The zero-order valence-electron chi connectivity index (χ0n) is 22.3. The molecule has 2 aromatic carbocycles. The summed E-state index contributed by atoms with van der Waals surface area (Å²) in [5.74, 6) is 0. The Morgan fingerprint density at radius 1 is 0.853 bits per heavy atom. The Kier molecular flexibility index (Phi) is 9.38. The van der Waals surface area contributed by atoms with E-state index in [-0.39, 0.29) is 57.2 Å². The number of rotatable bonds is 4. The van der Waals surface area contributed by atoms with E-state index in [2.05, 4.69) is 142 Å². The van der Waals surface area contributed by atoms with Crippen molar-refractivity contribution in [3.05, 3.63) is 108 Å². The van der Waals surface area contributed by atoms with Crippen LogP contribution in [0.5, 0.6) is 0 Å². The summed E-state index contributed by atoms with van der Waals surface area (Å²) in [6.45, 7) is 9.18. The van der Waals surface area contributed by atoms with Crippen LogP contribution >= 0.6 is 0 Å². The number of fused-ring (bicyclic) bond motifs is 2. The summed E-state index contributed by atoms with van der Waals surface area (Å²) in [5.41, 5.74) is 8.04. The van der Waals surface area contributed by atoms with Crippen molar-refractivity contribution in [2.45, 2.75) is 38.5 Å². The first-order valence-electron chi connectivity index (χ1n) is 11.8. The molecule has 0 N–H and O–H groups in total. The van der Waals surface area contributed by atoms with E-state index in [0.29, 0.717) is 0 Å². The number of nitrogens with zero attached hydrogens (tertiary/aromatic N) is 2. The van der Waals surface area contributed by atoms with E-state index in [1.807, 2.05) is 4.93 Å². The fourth-order valence-corrected chi connectivity index (χ4v) is 5.09. The molecule has 2 aromatic rings. The molecule has 0 aromatic heterocycles. The first-order chi connectivity index (χ1) is 16.2. The summed E-state index contributed by atoms with van der Waals surface area (Å²) < 4.78 is 8.62. The second-order valence-corrected chi connectivity index (χ2v) is 9.47. The fraction of sp³-hybridized carbons (Fsp3) is 0.300. The third-order valence-corrected chi connectivity index (χ3v) is 6.83. The molecule has 2 nitrogen and oxygen atoms in total. The molecule has 4 rings (SSSR count). The molecule has 0 amide bonds. The molecular formula is C30H37I2N2-. The van der Waals surface area contributed by atoms with Gasteiger partial charge in [-0.1, -0.05) is 80.6 Å². The molecule has 0 aliphatic carbocycles. The van der Waals surface area contributed by atoms with Crippen LogP contribution < -0.4 is 51.3 Å². The van der Waals surface area contributed by atoms with Crippen molar-refractivity contribution in [1.29, 1.82) is 0.594 Å². The number of likely N-dealkylation sites (N-methyl/N-ethyl adjacent to an activating group) is 1. The maximum atomic E-state index is 6.32. The molecule has 0 atom stereocenters. The van der Waals surface area contributed by atoms with Gasteiger partial charge in [0.1, 0.15) is 7.05 Å². The van der Waals surface area contributed by atoms with Crippen LogP contribution in [0.4, 0.5) is 11.4 Å². The maximum absolute atomic E-state index is 6.32. The average Bonchev–Trinajstić information content (AvgIpc) is 3.13. The van der Waals surface area contributed by atoms with Gasteiger partial charge in [0.15, 0.2) is 5.71 Å². The van der Waals surface area contributed by atoms with Crippen molar-refractivity contribution < 1.29 is 50.9 Å². The molecule has 0 saturated heterocycles. The largest absolute Gasteiger partial charge is 1.00 e. The van der Waals surface area contributed by atoms with Crippen molar-refractivity contribution >= 4 is 17.1 Å². The van der Waals surface area contributed by atoms with Crippen molar-refractivity contribution in [2.24, 2.45) is 0 Å². The quantitative estimate of drug-likeness (QED) is 0.198. The molecule has 0 radical (unpaired) electrons. The summed E-state index contributed by atoms with van der Waals surface area (Å²) in [5, 5.41) is 0. The number of para-hydroxylation sites is 2. The molecule has 0 saturated carbocycles. The molecule has 4 heteroatoms. The van der Waals surface area contributed by atoms with Gasteiger partial charge in [0.05, 0.1) is 5.41 Å². The van der Waals surface area contributed by atoms with E-state index in [0.717, 1.165) is 0 Å². The normalized spacial score (nSPS) is 19.4. The molecule has 182 valence electrons. The van der Waals surface area contributed by atoms with Crippen LogP contribution in [0.15, 0.2) is 96.8 Å². The Bertz CT molecular complexity index is 1190. The van der Waals surface area contributed by atoms with E-state index in [1.165, 1.54) is 33.9 Å². The Balaban J connectivity index is 0.00000103. The van der Waals surface area contributed by atoms with Gasteiger partial charge in [0.2, 0.25) is 5.69 Å². The van der Waals surface area contributed by atoms with Gasteiger partial charge in [-0.25, -0.2) is 0 Å². The molecule has 2 aliphatic rings. The van der Waals surface area contributed by atoms with Crippen molar-refractivity contribution in [3.8, 4) is 0 Å². The van der Waals surface area contributed by atoms with E-state index in [9.17, 15) is 0 Å². The number of halogens is 2. The Hall–Kier alpha value is -1.67. The van der Waals surface area contributed by atoms with Crippen molar-refractivity contribution in [3.63, 3.8) is 0 Å². The molecule has 34 heavy (non-hydrogen) atoms. The number of hydrogen-bond acceptors (Lipinski definition) is 1. The number of alkyl halides is 1. The van der Waals surface area contributed by atoms with Crippen molar-refractivity contribution in [1.82, 2.24) is 0 Å². The zero-order valence-corrected chi connectivity index (χ0v) is 25.6. The minimum absolute atomic E-state index is 0. The van der Waals surface area contributed by atoms with Crippen LogP contribution in [0.3, 0.4) is 0 Å². The zero-order chi connectivity index (χ0) is 24.9. The van der Waals surface area contributed by atoms with Gasteiger partial charge >= 0.3 is 27.9 Å². The van der Waals surface area contributed by atoms with Crippen LogP contribution in [0.1, 0.15) is 38.8 Å². The number of benzene rings is 2. The number of anilines is 1. The van der Waals surface area contributed by atoms with Crippen LogP contribution in [0, 0.1) is 0 Å². The number of hydrogen-bond donors (Lipinski definition) is 0. The Morgan fingerprint density at radius 2 is 1.41 bits per heavy atom. The summed E-state index contributed by atoms with van der Waals surface area (Å²) in [6.07, 6.45) is 15.0. The molecule has 2 aliphatic heterocycles. The van der Waals surface area contributed by atoms with Crippen LogP contribution in [0.2, 0.25) is 0 Å². The van der Waals surface area contributed by atoms with E-state index in [1.54, 1.807) is 0 Å². The van der Waals surface area contributed by atoms with Crippen molar-refractivity contribution in [2.75, 3.05) is 23.9 Å². The van der Waals surface area contributed by atoms with Gasteiger partial charge in [0, 0.05) is 41.6 Å². The predicted octanol–water partition coefficient (Wildman–Crippen LogP) is 0.579. The minimum atomic E-state index is -0.160. The summed E-state index contributed by atoms with van der Waals surface area (Å²) in [7, 11) is 4.31. The van der Waals surface area contributed by atoms with E-state index in [4.69, 9.17) is 0.594 Å². The SMILES string of the molecule is CN1\C(=C/C=C/C=C/C=C/C2=[N+](C)c3ccccc3C2(C)C)C(C)(C)c2ccccc21.[3H][I-]C.[I-]. The maximum Gasteiger partial charge on any atom is -1.00 e. The summed E-state index contributed by atoms with van der Waals surface area (Å²) in [4.78, 5) is 4.20. The minimum Gasteiger partial charge on any atom is -1.00 e. The topological polar surface area (TPSA) is 6.25 Å². The van der Waals surface area contributed by atoms with E-state index < -0.39 is 0 Å². The average molecular weight is 681 g/mol. The van der Waals surface area contributed by atoms with Crippen LogP contribution in [-0.4, -0.2) is 29.9 Å². The first-order valence-corrected chi connectivity index (χ1v) is 13.6. The molecule has 0 spiro atoms. The van der Waals surface area contributed by atoms with Gasteiger partial charge in [0.25, 0.3) is 0 Å². The first kappa shape index (κ1) is 26.9. The fourth-order valence-electron chi connectivity index (χ4n) is 5.09. The predicted molar refractivity (Wildman–Crippen MR) is 141 cm³/mol. The molecule has 0 fully saturated rings. The second-order valence-electron chi connectivity index (χ2n) is 9.47. The molecular weight excluding hydrogens is 642 g/mol. The molecule has 0 bridgehead atoms. The molecule has 2 heterocycles. The van der Waals surface area contributed by atoms with Gasteiger partial charge in [-0.05, 0) is 31.6 Å². The van der Waals surface area contributed by atoms with Gasteiger partial charge in [-0.3, -0.25) is 0 Å². The Morgan fingerprint density at radius 3 is 2.06 bits per heavy atom. The van der Waals surface area contributed by atoms with E-state index >= 15 is 0 Å². The smallest absolute Gasteiger partial charge is 1.00 e.